The Labute approximate surface area is 141 Å². The third-order valence-corrected chi connectivity index (χ3v) is 8.53. The van der Waals surface area contributed by atoms with Crippen molar-refractivity contribution >= 4 is 9.24 Å². The molecule has 0 N–H and O–H groups in total. The van der Waals surface area contributed by atoms with Crippen LogP contribution >= 0.6 is 9.24 Å². The van der Waals surface area contributed by atoms with Crippen LogP contribution in [0.3, 0.4) is 0 Å². The van der Waals surface area contributed by atoms with E-state index in [1.54, 1.807) is 5.57 Å². The van der Waals surface area contributed by atoms with Gasteiger partial charge in [-0.15, -0.1) is 9.24 Å². The maximum absolute atomic E-state index is 4.78. The van der Waals surface area contributed by atoms with Crippen molar-refractivity contribution in [1.82, 2.24) is 0 Å². The van der Waals surface area contributed by atoms with E-state index in [1.807, 2.05) is 0 Å². The van der Waals surface area contributed by atoms with Crippen molar-refractivity contribution in [2.45, 2.75) is 101 Å². The maximum atomic E-state index is 4.78. The second kappa shape index (κ2) is 7.83. The number of hydrogen-bond acceptors (Lipinski definition) is 0. The van der Waals surface area contributed by atoms with Crippen molar-refractivity contribution in [2.24, 2.45) is 17.8 Å². The fraction of sp³-hybridized carbons (Fsp3) is 0.905. The zero-order chi connectivity index (χ0) is 15.4. The second-order valence-electron chi connectivity index (χ2n) is 8.46. The summed E-state index contributed by atoms with van der Waals surface area (Å²) < 4.78 is 0. The van der Waals surface area contributed by atoms with Crippen molar-refractivity contribution in [3.05, 3.63) is 12.2 Å². The SMILES string of the molecule is C=C(C1CCCCC1)C(P)(C1CCCCC1)C1CCCCC1. The van der Waals surface area contributed by atoms with Gasteiger partial charge >= 0.3 is 0 Å². The largest absolute Gasteiger partial charge is 0.126 e. The van der Waals surface area contributed by atoms with E-state index in [0.717, 1.165) is 17.8 Å². The Kier molecular flexibility index (Phi) is 6.05. The first-order valence-electron chi connectivity index (χ1n) is 10.2. The summed E-state index contributed by atoms with van der Waals surface area (Å²) >= 11 is 0. The third-order valence-electron chi connectivity index (χ3n) is 7.22. The molecule has 3 rings (SSSR count). The maximum Gasteiger partial charge on any atom is 0.0113 e. The van der Waals surface area contributed by atoms with E-state index < -0.39 is 0 Å². The Morgan fingerprint density at radius 3 is 1.41 bits per heavy atom. The molecule has 0 aromatic rings. The van der Waals surface area contributed by atoms with Crippen LogP contribution in [0.2, 0.25) is 0 Å². The zero-order valence-corrected chi connectivity index (χ0v) is 15.8. The molecular weight excluding hydrogens is 283 g/mol. The molecule has 3 saturated carbocycles. The highest BCUT2D eigenvalue weighted by Crippen LogP contribution is 2.55. The smallest absolute Gasteiger partial charge is 0.0113 e. The first-order valence-corrected chi connectivity index (χ1v) is 10.8. The minimum atomic E-state index is 0.378. The summed E-state index contributed by atoms with van der Waals surface area (Å²) in [5.74, 6) is 2.64. The van der Waals surface area contributed by atoms with Crippen LogP contribution in [-0.4, -0.2) is 5.16 Å². The van der Waals surface area contributed by atoms with Crippen molar-refractivity contribution < 1.29 is 0 Å². The predicted molar refractivity (Wildman–Crippen MR) is 101 cm³/mol. The van der Waals surface area contributed by atoms with Crippen LogP contribution in [0.5, 0.6) is 0 Å². The second-order valence-corrected chi connectivity index (χ2v) is 9.42. The quantitative estimate of drug-likeness (QED) is 0.390. The lowest BCUT2D eigenvalue weighted by Crippen LogP contribution is -2.45. The van der Waals surface area contributed by atoms with Crippen molar-refractivity contribution in [2.75, 3.05) is 0 Å². The van der Waals surface area contributed by atoms with E-state index in [0.29, 0.717) is 5.16 Å². The molecular formula is C21H37P. The molecule has 0 aromatic heterocycles. The monoisotopic (exact) mass is 320 g/mol. The molecule has 0 radical (unpaired) electrons. The van der Waals surface area contributed by atoms with Crippen molar-refractivity contribution in [3.63, 3.8) is 0 Å². The molecule has 126 valence electrons. The topological polar surface area (TPSA) is 0 Å². The number of allylic oxidation sites excluding steroid dienone is 1. The van der Waals surface area contributed by atoms with E-state index >= 15 is 0 Å². The standard InChI is InChI=1S/C21H37P/c1-17(18-11-5-2-6-12-18)21(22,19-13-7-3-8-14-19)20-15-9-4-10-16-20/h18-20H,1-16,22H2. The van der Waals surface area contributed by atoms with Crippen LogP contribution in [0.25, 0.3) is 0 Å². The van der Waals surface area contributed by atoms with Gasteiger partial charge in [0.25, 0.3) is 0 Å². The molecule has 0 saturated heterocycles. The molecule has 0 aromatic carbocycles. The van der Waals surface area contributed by atoms with Gasteiger partial charge in [0.2, 0.25) is 0 Å². The molecule has 3 aliphatic rings. The van der Waals surface area contributed by atoms with E-state index in [1.165, 1.54) is 96.3 Å². The molecule has 1 unspecified atom stereocenters. The summed E-state index contributed by atoms with van der Waals surface area (Å²) in [6, 6.07) is 0. The van der Waals surface area contributed by atoms with E-state index in [4.69, 9.17) is 6.58 Å². The lowest BCUT2D eigenvalue weighted by molar-refractivity contribution is 0.184. The van der Waals surface area contributed by atoms with Gasteiger partial charge in [0.15, 0.2) is 0 Å². The Bertz CT molecular complexity index is 336. The Hall–Kier alpha value is 0.170. The molecule has 1 atom stereocenters. The molecule has 0 aliphatic heterocycles. The Morgan fingerprint density at radius 2 is 1.00 bits per heavy atom. The Morgan fingerprint density at radius 1 is 0.636 bits per heavy atom. The van der Waals surface area contributed by atoms with E-state index in [9.17, 15) is 0 Å². The van der Waals surface area contributed by atoms with Gasteiger partial charge < -0.3 is 0 Å². The highest BCUT2D eigenvalue weighted by Gasteiger charge is 2.45. The summed E-state index contributed by atoms with van der Waals surface area (Å²) in [5.41, 5.74) is 1.66. The first kappa shape index (κ1) is 17.0. The third kappa shape index (κ3) is 3.48. The van der Waals surface area contributed by atoms with Gasteiger partial charge in [-0.3, -0.25) is 0 Å². The number of hydrogen-bond donors (Lipinski definition) is 0. The van der Waals surface area contributed by atoms with Gasteiger partial charge in [-0.2, -0.15) is 0 Å². The average Bonchev–Trinajstić information content (AvgIpc) is 2.62. The van der Waals surface area contributed by atoms with Crippen LogP contribution in [-0.2, 0) is 0 Å². The van der Waals surface area contributed by atoms with Gasteiger partial charge in [-0.1, -0.05) is 69.9 Å². The predicted octanol–water partition coefficient (Wildman–Crippen LogP) is 6.90. The van der Waals surface area contributed by atoms with Gasteiger partial charge in [-0.25, -0.2) is 0 Å². The molecule has 3 fully saturated rings. The van der Waals surface area contributed by atoms with Gasteiger partial charge in [0.05, 0.1) is 0 Å². The first-order chi connectivity index (χ1) is 10.7. The molecule has 1 heteroatoms. The highest BCUT2D eigenvalue weighted by atomic mass is 31.0. The summed E-state index contributed by atoms with van der Waals surface area (Å²) in [4.78, 5) is 0. The van der Waals surface area contributed by atoms with Crippen LogP contribution in [0, 0.1) is 17.8 Å². The minimum absolute atomic E-state index is 0.378. The van der Waals surface area contributed by atoms with E-state index in [-0.39, 0.29) is 0 Å². The molecule has 0 amide bonds. The molecule has 0 bridgehead atoms. The van der Waals surface area contributed by atoms with Crippen LogP contribution < -0.4 is 0 Å². The van der Waals surface area contributed by atoms with Gasteiger partial charge in [0, 0.05) is 5.16 Å². The fourth-order valence-electron chi connectivity index (χ4n) is 5.82. The lowest BCUT2D eigenvalue weighted by Gasteiger charge is -2.50. The summed E-state index contributed by atoms with van der Waals surface area (Å²) in [6.45, 7) is 4.78. The van der Waals surface area contributed by atoms with Crippen LogP contribution in [0.4, 0.5) is 0 Å². The zero-order valence-electron chi connectivity index (χ0n) is 14.6. The lowest BCUT2D eigenvalue weighted by atomic mass is 9.62. The molecule has 0 heterocycles. The average molecular weight is 321 g/mol. The summed E-state index contributed by atoms with van der Waals surface area (Å²) in [6.07, 6.45) is 21.8. The molecule has 0 nitrogen and oxygen atoms in total. The summed E-state index contributed by atoms with van der Waals surface area (Å²) in [7, 11) is 3.44. The fourth-order valence-corrected chi connectivity index (χ4v) is 6.73. The molecule has 22 heavy (non-hydrogen) atoms. The Balaban J connectivity index is 1.81. The van der Waals surface area contributed by atoms with Gasteiger partial charge in [-0.05, 0) is 56.3 Å². The normalized spacial score (nSPS) is 27.0. The molecule has 0 spiro atoms. The van der Waals surface area contributed by atoms with E-state index in [2.05, 4.69) is 9.24 Å². The van der Waals surface area contributed by atoms with Gasteiger partial charge in [0.1, 0.15) is 0 Å². The number of rotatable bonds is 4. The van der Waals surface area contributed by atoms with Crippen LogP contribution in [0.15, 0.2) is 12.2 Å². The minimum Gasteiger partial charge on any atom is -0.126 e. The summed E-state index contributed by atoms with van der Waals surface area (Å²) in [5, 5.41) is 0.378. The van der Waals surface area contributed by atoms with Crippen molar-refractivity contribution in [3.8, 4) is 0 Å². The molecule has 3 aliphatic carbocycles. The van der Waals surface area contributed by atoms with Crippen LogP contribution in [0.1, 0.15) is 96.3 Å². The highest BCUT2D eigenvalue weighted by molar-refractivity contribution is 7.19. The van der Waals surface area contributed by atoms with Crippen molar-refractivity contribution in [1.29, 1.82) is 0 Å².